The van der Waals surface area contributed by atoms with Crippen LogP contribution in [0.3, 0.4) is 0 Å². The van der Waals surface area contributed by atoms with Gasteiger partial charge in [0.05, 0.1) is 14.5 Å². The quantitative estimate of drug-likeness (QED) is 0.409. The Hall–Kier alpha value is -2.13. The minimum Gasteiger partial charge on any atom is -0.506 e. The summed E-state index contributed by atoms with van der Waals surface area (Å²) in [5.41, 5.74) is 2.16. The van der Waals surface area contributed by atoms with Crippen LogP contribution in [-0.4, -0.2) is 10.1 Å². The van der Waals surface area contributed by atoms with Crippen LogP contribution >= 0.6 is 38.9 Å². The van der Waals surface area contributed by atoms with Gasteiger partial charge in [-0.2, -0.15) is 5.26 Å². The number of nitrogens with zero attached hydrogens (tertiary/aromatic N) is 2. The van der Waals surface area contributed by atoms with Gasteiger partial charge in [0.1, 0.15) is 22.4 Å². The highest BCUT2D eigenvalue weighted by Gasteiger charge is 2.19. The van der Waals surface area contributed by atoms with Crippen molar-refractivity contribution in [3.63, 3.8) is 0 Å². The van der Waals surface area contributed by atoms with E-state index in [0.29, 0.717) is 15.6 Å². The molecular formula is C18H10BrClN2OS. The Morgan fingerprint density at radius 1 is 1.12 bits per heavy atom. The molecule has 6 heteroatoms. The number of hydrogen-bond acceptors (Lipinski definition) is 4. The first-order valence-electron chi connectivity index (χ1n) is 6.92. The number of benzene rings is 2. The molecule has 0 aliphatic carbocycles. The molecule has 3 rings (SSSR count). The van der Waals surface area contributed by atoms with E-state index in [-0.39, 0.29) is 11.3 Å². The Balaban J connectivity index is 2.12. The highest BCUT2D eigenvalue weighted by Crippen LogP contribution is 2.37. The van der Waals surface area contributed by atoms with E-state index in [1.165, 1.54) is 11.3 Å². The van der Waals surface area contributed by atoms with Gasteiger partial charge in [0.15, 0.2) is 0 Å². The van der Waals surface area contributed by atoms with Crippen LogP contribution < -0.4 is 0 Å². The van der Waals surface area contributed by atoms with E-state index >= 15 is 0 Å². The lowest BCUT2D eigenvalue weighted by atomic mass is 10.1. The number of rotatable bonds is 3. The van der Waals surface area contributed by atoms with Gasteiger partial charge < -0.3 is 5.11 Å². The summed E-state index contributed by atoms with van der Waals surface area (Å²) in [6.45, 7) is 0. The Morgan fingerprint density at radius 2 is 1.79 bits per heavy atom. The fraction of sp³-hybridized carbons (Fsp3) is 0. The molecule has 3 aromatic rings. The van der Waals surface area contributed by atoms with Crippen molar-refractivity contribution in [1.82, 2.24) is 4.98 Å². The fourth-order valence-corrected chi connectivity index (χ4v) is 3.99. The summed E-state index contributed by atoms with van der Waals surface area (Å²) in [7, 11) is 0. The second-order valence-electron chi connectivity index (χ2n) is 4.82. The van der Waals surface area contributed by atoms with E-state index in [9.17, 15) is 10.4 Å². The first kappa shape index (κ1) is 16.7. The fourth-order valence-electron chi connectivity index (χ4n) is 2.17. The van der Waals surface area contributed by atoms with Gasteiger partial charge in [-0.05, 0) is 28.1 Å². The molecule has 0 aliphatic heterocycles. The first-order chi connectivity index (χ1) is 11.6. The Kier molecular flexibility index (Phi) is 5.00. The van der Waals surface area contributed by atoms with Crippen LogP contribution in [0.25, 0.3) is 22.6 Å². The average molecular weight is 418 g/mol. The molecule has 1 aromatic heterocycles. The van der Waals surface area contributed by atoms with E-state index in [2.05, 4.69) is 20.9 Å². The zero-order chi connectivity index (χ0) is 17.1. The maximum atomic E-state index is 10.5. The molecule has 0 amide bonds. The summed E-state index contributed by atoms with van der Waals surface area (Å²) < 4.78 is 0.795. The highest BCUT2D eigenvalue weighted by atomic mass is 79.9. The van der Waals surface area contributed by atoms with Gasteiger partial charge >= 0.3 is 0 Å². The molecule has 0 aliphatic rings. The minimum atomic E-state index is -0.177. The molecule has 0 saturated carbocycles. The predicted molar refractivity (Wildman–Crippen MR) is 102 cm³/mol. The van der Waals surface area contributed by atoms with E-state index in [4.69, 9.17) is 11.6 Å². The summed E-state index contributed by atoms with van der Waals surface area (Å²) in [5.74, 6) is -0.177. The molecular weight excluding hydrogens is 408 g/mol. The summed E-state index contributed by atoms with van der Waals surface area (Å²) in [4.78, 5) is 4.52. The maximum Gasteiger partial charge on any atom is 0.145 e. The molecule has 118 valence electrons. The van der Waals surface area contributed by atoms with Gasteiger partial charge in [0.2, 0.25) is 0 Å². The molecule has 2 aromatic carbocycles. The first-order valence-corrected chi connectivity index (χ1v) is 8.91. The van der Waals surface area contributed by atoms with E-state index in [1.807, 2.05) is 36.4 Å². The van der Waals surface area contributed by atoms with Crippen molar-refractivity contribution >= 4 is 50.2 Å². The molecule has 1 heterocycles. The van der Waals surface area contributed by atoms with Crippen LogP contribution in [0.1, 0.15) is 10.6 Å². The number of allylic oxidation sites excluding steroid dienone is 1. The lowest BCUT2D eigenvalue weighted by Gasteiger charge is -2.04. The van der Waals surface area contributed by atoms with Crippen molar-refractivity contribution in [3.05, 3.63) is 74.0 Å². The number of thiazole rings is 1. The topological polar surface area (TPSA) is 56.9 Å². The number of aromatic nitrogens is 1. The Bertz CT molecular complexity index is 961. The van der Waals surface area contributed by atoms with Crippen LogP contribution in [-0.2, 0) is 0 Å². The monoisotopic (exact) mass is 416 g/mol. The number of halogens is 2. The highest BCUT2D eigenvalue weighted by molar-refractivity contribution is 9.11. The molecule has 0 radical (unpaired) electrons. The molecule has 0 saturated heterocycles. The molecule has 0 fully saturated rings. The van der Waals surface area contributed by atoms with E-state index in [0.717, 1.165) is 15.0 Å². The van der Waals surface area contributed by atoms with Gasteiger partial charge in [0, 0.05) is 11.1 Å². The third-order valence-corrected chi connectivity index (χ3v) is 5.38. The smallest absolute Gasteiger partial charge is 0.145 e. The lowest BCUT2D eigenvalue weighted by Crippen LogP contribution is -1.91. The number of hydrogen-bond donors (Lipinski definition) is 1. The molecule has 24 heavy (non-hydrogen) atoms. The number of nitriles is 1. The van der Waals surface area contributed by atoms with Crippen molar-refractivity contribution in [1.29, 1.82) is 5.26 Å². The normalized spacial score (nSPS) is 11.7. The van der Waals surface area contributed by atoms with Crippen LogP contribution in [0.5, 0.6) is 0 Å². The van der Waals surface area contributed by atoms with Gasteiger partial charge in [-0.1, -0.05) is 54.1 Å². The zero-order valence-electron chi connectivity index (χ0n) is 12.2. The van der Waals surface area contributed by atoms with Crippen molar-refractivity contribution in [2.45, 2.75) is 0 Å². The van der Waals surface area contributed by atoms with Crippen LogP contribution in [0.2, 0.25) is 5.02 Å². The third-order valence-electron chi connectivity index (χ3n) is 3.32. The maximum absolute atomic E-state index is 10.5. The standard InChI is InChI=1S/C18H10BrClN2OS/c19-17-15(11-6-2-1-3-7-11)22-18(24-17)13(10-21)16(23)12-8-4-5-9-14(12)20/h1-9,23H/b16-13+. The van der Waals surface area contributed by atoms with Gasteiger partial charge in [0.25, 0.3) is 0 Å². The SMILES string of the molecule is N#C/C(=C(\O)c1ccccc1Cl)c1nc(-c2ccccc2)c(Br)s1. The number of aliphatic hydroxyl groups is 1. The molecule has 0 bridgehead atoms. The van der Waals surface area contributed by atoms with Crippen molar-refractivity contribution in [2.75, 3.05) is 0 Å². The van der Waals surface area contributed by atoms with Crippen LogP contribution in [0, 0.1) is 11.3 Å². The van der Waals surface area contributed by atoms with Crippen LogP contribution in [0.15, 0.2) is 58.4 Å². The van der Waals surface area contributed by atoms with Crippen molar-refractivity contribution in [2.24, 2.45) is 0 Å². The zero-order valence-corrected chi connectivity index (χ0v) is 15.4. The summed E-state index contributed by atoms with van der Waals surface area (Å²) in [6, 6.07) is 18.5. The van der Waals surface area contributed by atoms with Crippen molar-refractivity contribution < 1.29 is 5.11 Å². The molecule has 0 unspecified atom stereocenters. The summed E-state index contributed by atoms with van der Waals surface area (Å²) >= 11 is 10.9. The molecule has 0 atom stereocenters. The van der Waals surface area contributed by atoms with Gasteiger partial charge in [-0.25, -0.2) is 4.98 Å². The summed E-state index contributed by atoms with van der Waals surface area (Å²) in [6.07, 6.45) is 0. The second-order valence-corrected chi connectivity index (χ2v) is 7.55. The van der Waals surface area contributed by atoms with Crippen LogP contribution in [0.4, 0.5) is 0 Å². The Morgan fingerprint density at radius 3 is 2.46 bits per heavy atom. The molecule has 3 nitrogen and oxygen atoms in total. The minimum absolute atomic E-state index is 0.0935. The van der Waals surface area contributed by atoms with Crippen molar-refractivity contribution in [3.8, 4) is 17.3 Å². The predicted octanol–water partition coefficient (Wildman–Crippen LogP) is 6.18. The number of aliphatic hydroxyl groups excluding tert-OH is 1. The molecule has 0 spiro atoms. The third kappa shape index (κ3) is 3.22. The lowest BCUT2D eigenvalue weighted by molar-refractivity contribution is 0.514. The van der Waals surface area contributed by atoms with Gasteiger partial charge in [-0.15, -0.1) is 11.3 Å². The Labute approximate surface area is 156 Å². The van der Waals surface area contributed by atoms with E-state index < -0.39 is 0 Å². The van der Waals surface area contributed by atoms with E-state index in [1.54, 1.807) is 24.3 Å². The second kappa shape index (κ2) is 7.18. The average Bonchev–Trinajstić information content (AvgIpc) is 2.98. The largest absolute Gasteiger partial charge is 0.506 e. The molecule has 1 N–H and O–H groups in total. The summed E-state index contributed by atoms with van der Waals surface area (Å²) in [5, 5.41) is 20.8. The van der Waals surface area contributed by atoms with Gasteiger partial charge in [-0.3, -0.25) is 0 Å².